The Morgan fingerprint density at radius 2 is 1.88 bits per heavy atom. The molecule has 7 nitrogen and oxygen atoms in total. The van der Waals surface area contributed by atoms with Gasteiger partial charge < -0.3 is 20.1 Å². The van der Waals surface area contributed by atoms with E-state index in [1.165, 1.54) is 0 Å². The second-order valence-electron chi connectivity index (χ2n) is 9.12. The molecule has 33 heavy (non-hydrogen) atoms. The molecule has 8 heteroatoms. The summed E-state index contributed by atoms with van der Waals surface area (Å²) in [4.78, 5) is 28.5. The second kappa shape index (κ2) is 10.6. The highest BCUT2D eigenvalue weighted by Crippen LogP contribution is 2.34. The summed E-state index contributed by atoms with van der Waals surface area (Å²) in [6, 6.07) is 7.48. The predicted octanol–water partition coefficient (Wildman–Crippen LogP) is 4.53. The van der Waals surface area contributed by atoms with Gasteiger partial charge in [-0.15, -0.1) is 0 Å². The molecule has 3 rings (SSSR count). The number of hydrogen-bond donors (Lipinski definition) is 2. The Morgan fingerprint density at radius 3 is 2.42 bits per heavy atom. The van der Waals surface area contributed by atoms with Crippen molar-refractivity contribution in [2.45, 2.75) is 45.4 Å². The fraction of sp³-hybridized carbons (Fsp3) is 0.440. The first-order valence-corrected chi connectivity index (χ1v) is 11.9. The number of carbonyl (C=O) groups excluding carboxylic acids is 1. The number of hydrogen-bond acceptors (Lipinski definition) is 5. The maximum Gasteiger partial charge on any atom is 0.410 e. The van der Waals surface area contributed by atoms with Crippen molar-refractivity contribution in [1.29, 1.82) is 0 Å². The van der Waals surface area contributed by atoms with Gasteiger partial charge in [0.15, 0.2) is 0 Å². The Labute approximate surface area is 203 Å². The first-order valence-electron chi connectivity index (χ1n) is 11.1. The molecule has 0 saturated carbocycles. The van der Waals surface area contributed by atoms with Gasteiger partial charge in [-0.3, -0.25) is 4.90 Å². The van der Waals surface area contributed by atoms with E-state index in [-0.39, 0.29) is 23.8 Å². The topological polar surface area (TPSA) is 82.1 Å². The van der Waals surface area contributed by atoms with Crippen molar-refractivity contribution in [3.05, 3.63) is 64.3 Å². The summed E-state index contributed by atoms with van der Waals surface area (Å²) in [5, 5.41) is 13.2. The van der Waals surface area contributed by atoms with Crippen LogP contribution in [-0.2, 0) is 9.53 Å². The average Bonchev–Trinajstić information content (AvgIpc) is 2.76. The van der Waals surface area contributed by atoms with Crippen LogP contribution in [0.3, 0.4) is 0 Å². The maximum atomic E-state index is 12.5. The lowest BCUT2D eigenvalue weighted by Gasteiger charge is -2.43. The van der Waals surface area contributed by atoms with E-state index in [4.69, 9.17) is 4.74 Å². The molecule has 2 atom stereocenters. The number of nitrogens with one attached hydrogen (secondary N) is 1. The van der Waals surface area contributed by atoms with Crippen LogP contribution in [0.5, 0.6) is 0 Å². The number of amides is 1. The molecule has 2 unspecified atom stereocenters. The number of dihydropyridines is 1. The van der Waals surface area contributed by atoms with Crippen LogP contribution in [0.1, 0.15) is 44.9 Å². The van der Waals surface area contributed by atoms with Crippen LogP contribution in [-0.4, -0.2) is 64.8 Å². The van der Waals surface area contributed by atoms with E-state index < -0.39 is 11.6 Å². The highest BCUT2D eigenvalue weighted by Gasteiger charge is 2.34. The first-order chi connectivity index (χ1) is 15.6. The Kier molecular flexibility index (Phi) is 8.02. The summed E-state index contributed by atoms with van der Waals surface area (Å²) in [7, 11) is 0. The monoisotopic (exact) mass is 517 g/mol. The SMILES string of the molecule is C/C=C(/C(=O)O)c1ccccc1C(C1C=CC(Br)=CN1)N1CCN(C(=O)OC(C)(C)C)CC1. The lowest BCUT2D eigenvalue weighted by Crippen LogP contribution is -2.53. The van der Waals surface area contributed by atoms with Gasteiger partial charge in [0, 0.05) is 36.9 Å². The van der Waals surface area contributed by atoms with Crippen molar-refractivity contribution in [2.24, 2.45) is 0 Å². The van der Waals surface area contributed by atoms with Gasteiger partial charge in [0.25, 0.3) is 0 Å². The van der Waals surface area contributed by atoms with E-state index in [1.807, 2.05) is 57.3 Å². The third kappa shape index (κ3) is 6.26. The van der Waals surface area contributed by atoms with Crippen LogP contribution < -0.4 is 5.32 Å². The van der Waals surface area contributed by atoms with Crippen LogP contribution in [0.4, 0.5) is 4.79 Å². The minimum atomic E-state index is -0.951. The molecule has 2 aliphatic heterocycles. The highest BCUT2D eigenvalue weighted by atomic mass is 79.9. The third-order valence-electron chi connectivity index (χ3n) is 5.66. The molecule has 2 heterocycles. The summed E-state index contributed by atoms with van der Waals surface area (Å²) in [6.45, 7) is 9.71. The van der Waals surface area contributed by atoms with Gasteiger partial charge in [-0.1, -0.05) is 36.4 Å². The Balaban J connectivity index is 1.90. The number of allylic oxidation sites excluding steroid dienone is 3. The van der Waals surface area contributed by atoms with Gasteiger partial charge in [-0.25, -0.2) is 9.59 Å². The van der Waals surface area contributed by atoms with Crippen molar-refractivity contribution in [3.8, 4) is 0 Å². The predicted molar refractivity (Wildman–Crippen MR) is 133 cm³/mol. The number of aliphatic carboxylic acids is 1. The number of nitrogens with zero attached hydrogens (tertiary/aromatic N) is 2. The number of carboxylic acid groups (broad SMARTS) is 1. The van der Waals surface area contributed by atoms with Crippen molar-refractivity contribution in [1.82, 2.24) is 15.1 Å². The van der Waals surface area contributed by atoms with E-state index in [0.29, 0.717) is 31.7 Å². The molecule has 1 fully saturated rings. The maximum absolute atomic E-state index is 12.5. The minimum Gasteiger partial charge on any atom is -0.478 e. The number of benzene rings is 1. The molecule has 2 aliphatic rings. The molecule has 0 aromatic heterocycles. The van der Waals surface area contributed by atoms with Crippen LogP contribution in [0.25, 0.3) is 5.57 Å². The summed E-state index contributed by atoms with van der Waals surface area (Å²) >= 11 is 3.49. The van der Waals surface area contributed by atoms with Gasteiger partial charge in [0.2, 0.25) is 0 Å². The van der Waals surface area contributed by atoms with Crippen LogP contribution in [0.15, 0.2) is 53.2 Å². The zero-order valence-electron chi connectivity index (χ0n) is 19.5. The number of halogens is 1. The summed E-state index contributed by atoms with van der Waals surface area (Å²) in [5.41, 5.74) is 1.38. The Hall–Kier alpha value is -2.58. The highest BCUT2D eigenvalue weighted by molar-refractivity contribution is 9.11. The molecule has 0 spiro atoms. The third-order valence-corrected chi connectivity index (χ3v) is 6.16. The molecule has 0 aliphatic carbocycles. The molecule has 1 saturated heterocycles. The van der Waals surface area contributed by atoms with Crippen molar-refractivity contribution >= 4 is 33.6 Å². The summed E-state index contributed by atoms with van der Waals surface area (Å²) in [5.74, 6) is -0.951. The van der Waals surface area contributed by atoms with Crippen molar-refractivity contribution in [3.63, 3.8) is 0 Å². The molecule has 2 N–H and O–H groups in total. The van der Waals surface area contributed by atoms with Gasteiger partial charge in [-0.05, 0) is 60.8 Å². The molecule has 1 aromatic carbocycles. The fourth-order valence-corrected chi connectivity index (χ4v) is 4.48. The average molecular weight is 518 g/mol. The number of piperazine rings is 1. The molecule has 178 valence electrons. The lowest BCUT2D eigenvalue weighted by molar-refractivity contribution is -0.130. The lowest BCUT2D eigenvalue weighted by atomic mass is 9.88. The molecular weight excluding hydrogens is 486 g/mol. The number of carboxylic acids is 1. The largest absolute Gasteiger partial charge is 0.478 e. The Bertz CT molecular complexity index is 972. The molecule has 1 aromatic rings. The quantitative estimate of drug-likeness (QED) is 0.558. The summed E-state index contributed by atoms with van der Waals surface area (Å²) < 4.78 is 6.48. The van der Waals surface area contributed by atoms with E-state index >= 15 is 0 Å². The molecular formula is C25H32BrN3O4. The number of ether oxygens (including phenoxy) is 1. The van der Waals surface area contributed by atoms with Crippen LogP contribution in [0, 0.1) is 0 Å². The fourth-order valence-electron chi connectivity index (χ4n) is 4.19. The first kappa shape index (κ1) is 25.1. The molecule has 0 bridgehead atoms. The smallest absolute Gasteiger partial charge is 0.410 e. The van der Waals surface area contributed by atoms with Crippen LogP contribution in [0.2, 0.25) is 0 Å². The standard InChI is InChI=1S/C25H32BrN3O4/c1-5-18(23(30)31)19-8-6-7-9-20(19)22(21-11-10-17(26)16-27-21)28-12-14-29(15-13-28)24(32)33-25(2,3)4/h5-11,16,21-22,27H,12-15H2,1-4H3,(H,30,31)/b18-5+. The van der Waals surface area contributed by atoms with Crippen molar-refractivity contribution < 1.29 is 19.4 Å². The van der Waals surface area contributed by atoms with Crippen molar-refractivity contribution in [2.75, 3.05) is 26.2 Å². The Morgan fingerprint density at radius 1 is 1.21 bits per heavy atom. The van der Waals surface area contributed by atoms with E-state index in [2.05, 4.69) is 32.2 Å². The number of rotatable bonds is 5. The number of carbonyl (C=O) groups is 2. The minimum absolute atomic E-state index is 0.0626. The summed E-state index contributed by atoms with van der Waals surface area (Å²) in [6.07, 6.45) is 7.33. The molecule has 1 amide bonds. The normalized spacial score (nSPS) is 20.6. The van der Waals surface area contributed by atoms with Gasteiger partial charge in [0.1, 0.15) is 5.60 Å². The van der Waals surface area contributed by atoms with Gasteiger partial charge >= 0.3 is 12.1 Å². The zero-order chi connectivity index (χ0) is 24.2. The van der Waals surface area contributed by atoms with E-state index in [0.717, 1.165) is 10.0 Å². The van der Waals surface area contributed by atoms with Gasteiger partial charge in [-0.2, -0.15) is 0 Å². The van der Waals surface area contributed by atoms with Gasteiger partial charge in [0.05, 0.1) is 17.7 Å². The molecule has 0 radical (unpaired) electrons. The zero-order valence-corrected chi connectivity index (χ0v) is 21.1. The van der Waals surface area contributed by atoms with E-state index in [1.54, 1.807) is 17.9 Å². The van der Waals surface area contributed by atoms with Crippen LogP contribution >= 0.6 is 15.9 Å². The second-order valence-corrected chi connectivity index (χ2v) is 10.0. The van der Waals surface area contributed by atoms with E-state index in [9.17, 15) is 14.7 Å².